The van der Waals surface area contributed by atoms with E-state index in [-0.39, 0.29) is 17.1 Å². The summed E-state index contributed by atoms with van der Waals surface area (Å²) in [5.74, 6) is 0.321. The fourth-order valence-corrected chi connectivity index (χ4v) is 2.95. The van der Waals surface area contributed by atoms with Gasteiger partial charge in [0.15, 0.2) is 5.82 Å². The Morgan fingerprint density at radius 1 is 1.00 bits per heavy atom. The van der Waals surface area contributed by atoms with Crippen LogP contribution in [0.3, 0.4) is 0 Å². The van der Waals surface area contributed by atoms with Crippen molar-refractivity contribution >= 4 is 17.3 Å². The molecule has 0 unspecified atom stereocenters. The molecule has 8 heteroatoms. The molecule has 1 N–H and O–H groups in total. The molecule has 0 aliphatic carbocycles. The first-order valence-corrected chi connectivity index (χ1v) is 9.12. The van der Waals surface area contributed by atoms with Crippen LogP contribution in [0.4, 0.5) is 11.4 Å². The number of rotatable bonds is 6. The third-order valence-electron chi connectivity index (χ3n) is 4.40. The van der Waals surface area contributed by atoms with Gasteiger partial charge >= 0.3 is 0 Å². The highest BCUT2D eigenvalue weighted by Gasteiger charge is 2.17. The van der Waals surface area contributed by atoms with Gasteiger partial charge in [-0.3, -0.25) is 14.9 Å². The monoisotopic (exact) mass is 400 g/mol. The number of carbonyl (C=O) groups excluding carboxylic acids is 1. The number of nitrogens with one attached hydrogen (secondary N) is 1. The van der Waals surface area contributed by atoms with Crippen molar-refractivity contribution in [3.8, 4) is 11.5 Å². The molecule has 0 radical (unpaired) electrons. The SMILES string of the molecule is O=C(Nc1ccccc1-c1nc(Cc2ccccc2)no1)c1cccc([N+](=O)[O-])c1. The summed E-state index contributed by atoms with van der Waals surface area (Å²) in [4.78, 5) is 27.5. The maximum Gasteiger partial charge on any atom is 0.270 e. The zero-order chi connectivity index (χ0) is 20.9. The highest BCUT2D eigenvalue weighted by molar-refractivity contribution is 6.06. The fraction of sp³-hybridized carbons (Fsp3) is 0.0455. The van der Waals surface area contributed by atoms with E-state index >= 15 is 0 Å². The second-order valence-electron chi connectivity index (χ2n) is 6.49. The normalized spacial score (nSPS) is 10.5. The molecule has 3 aromatic carbocycles. The smallest absolute Gasteiger partial charge is 0.270 e. The molecule has 4 rings (SSSR count). The summed E-state index contributed by atoms with van der Waals surface area (Å²) < 4.78 is 5.40. The molecule has 8 nitrogen and oxygen atoms in total. The Morgan fingerprint density at radius 3 is 2.57 bits per heavy atom. The van der Waals surface area contributed by atoms with Crippen LogP contribution in [0, 0.1) is 10.1 Å². The van der Waals surface area contributed by atoms with Crippen LogP contribution in [0.15, 0.2) is 83.4 Å². The molecule has 0 saturated heterocycles. The first-order chi connectivity index (χ1) is 14.6. The number of hydrogen-bond donors (Lipinski definition) is 1. The van der Waals surface area contributed by atoms with Crippen LogP contribution in [0.1, 0.15) is 21.7 Å². The van der Waals surface area contributed by atoms with Crippen molar-refractivity contribution in [2.45, 2.75) is 6.42 Å². The van der Waals surface area contributed by atoms with Crippen LogP contribution in [0.5, 0.6) is 0 Å². The predicted octanol–water partition coefficient (Wildman–Crippen LogP) is 4.49. The predicted molar refractivity (Wildman–Crippen MR) is 110 cm³/mol. The van der Waals surface area contributed by atoms with E-state index in [9.17, 15) is 14.9 Å². The van der Waals surface area contributed by atoms with E-state index in [1.54, 1.807) is 24.3 Å². The molecular weight excluding hydrogens is 384 g/mol. The number of hydrogen-bond acceptors (Lipinski definition) is 6. The number of nitro benzene ring substituents is 1. The Labute approximate surface area is 171 Å². The Hall–Kier alpha value is -4.33. The standard InChI is InChI=1S/C22H16N4O4/c27-21(16-9-6-10-17(14-16)26(28)29)23-19-12-5-4-11-18(19)22-24-20(25-30-22)13-15-7-2-1-3-8-15/h1-12,14H,13H2,(H,23,27). The van der Waals surface area contributed by atoms with E-state index in [0.29, 0.717) is 23.5 Å². The number of nitro groups is 1. The van der Waals surface area contributed by atoms with Gasteiger partial charge in [0.2, 0.25) is 0 Å². The van der Waals surface area contributed by atoms with Gasteiger partial charge < -0.3 is 9.84 Å². The van der Waals surface area contributed by atoms with Crippen LogP contribution in [-0.2, 0) is 6.42 Å². The molecule has 0 spiro atoms. The second kappa shape index (κ2) is 8.36. The van der Waals surface area contributed by atoms with Gasteiger partial charge in [-0.2, -0.15) is 4.98 Å². The molecule has 0 aliphatic heterocycles. The molecule has 0 bridgehead atoms. The summed E-state index contributed by atoms with van der Waals surface area (Å²) >= 11 is 0. The molecule has 1 amide bonds. The van der Waals surface area contributed by atoms with Gasteiger partial charge in [-0.05, 0) is 23.8 Å². The third kappa shape index (κ3) is 4.22. The van der Waals surface area contributed by atoms with Crippen molar-refractivity contribution in [3.63, 3.8) is 0 Å². The van der Waals surface area contributed by atoms with Crippen molar-refractivity contribution in [1.82, 2.24) is 10.1 Å². The zero-order valence-electron chi connectivity index (χ0n) is 15.7. The minimum atomic E-state index is -0.544. The first kappa shape index (κ1) is 19.0. The lowest BCUT2D eigenvalue weighted by molar-refractivity contribution is -0.384. The Balaban J connectivity index is 1.57. The van der Waals surface area contributed by atoms with E-state index in [1.165, 1.54) is 24.3 Å². The molecule has 0 aliphatic rings. The molecule has 4 aromatic rings. The molecule has 30 heavy (non-hydrogen) atoms. The van der Waals surface area contributed by atoms with Crippen molar-refractivity contribution in [2.75, 3.05) is 5.32 Å². The topological polar surface area (TPSA) is 111 Å². The van der Waals surface area contributed by atoms with Crippen molar-refractivity contribution in [2.24, 2.45) is 0 Å². The summed E-state index contributed by atoms with van der Waals surface area (Å²) in [5, 5.41) is 17.7. The number of aromatic nitrogens is 2. The van der Waals surface area contributed by atoms with Gasteiger partial charge in [0.1, 0.15) is 0 Å². The number of amides is 1. The minimum absolute atomic E-state index is 0.154. The lowest BCUT2D eigenvalue weighted by atomic mass is 10.1. The number of benzene rings is 3. The number of anilines is 1. The molecule has 0 fully saturated rings. The average molecular weight is 400 g/mol. The van der Waals surface area contributed by atoms with Gasteiger partial charge in [-0.15, -0.1) is 0 Å². The lowest BCUT2D eigenvalue weighted by Gasteiger charge is -2.08. The first-order valence-electron chi connectivity index (χ1n) is 9.12. The van der Waals surface area contributed by atoms with E-state index in [0.717, 1.165) is 5.56 Å². The van der Waals surface area contributed by atoms with Gasteiger partial charge in [0, 0.05) is 24.1 Å². The molecule has 1 heterocycles. The van der Waals surface area contributed by atoms with Crippen LogP contribution in [0.2, 0.25) is 0 Å². The lowest BCUT2D eigenvalue weighted by Crippen LogP contribution is -2.12. The van der Waals surface area contributed by atoms with Crippen LogP contribution in [0.25, 0.3) is 11.5 Å². The molecule has 1 aromatic heterocycles. The molecule has 0 saturated carbocycles. The quantitative estimate of drug-likeness (QED) is 0.377. The maximum atomic E-state index is 12.6. The van der Waals surface area contributed by atoms with Crippen LogP contribution >= 0.6 is 0 Å². The summed E-state index contributed by atoms with van der Waals surface area (Å²) in [6.07, 6.45) is 0.520. The van der Waals surface area contributed by atoms with Crippen molar-refractivity contribution in [3.05, 3.63) is 106 Å². The largest absolute Gasteiger partial charge is 0.334 e. The van der Waals surface area contributed by atoms with Gasteiger partial charge in [0.25, 0.3) is 17.5 Å². The fourth-order valence-electron chi connectivity index (χ4n) is 2.95. The Bertz CT molecular complexity index is 1200. The van der Waals surface area contributed by atoms with Crippen molar-refractivity contribution in [1.29, 1.82) is 0 Å². The third-order valence-corrected chi connectivity index (χ3v) is 4.40. The highest BCUT2D eigenvalue weighted by Crippen LogP contribution is 2.27. The van der Waals surface area contributed by atoms with E-state index in [1.807, 2.05) is 30.3 Å². The minimum Gasteiger partial charge on any atom is -0.334 e. The summed E-state index contributed by atoms with van der Waals surface area (Å²) in [5.41, 5.74) is 2.09. The number of non-ortho nitro benzene ring substituents is 1. The highest BCUT2D eigenvalue weighted by atomic mass is 16.6. The van der Waals surface area contributed by atoms with Gasteiger partial charge in [-0.25, -0.2) is 0 Å². The number of carbonyl (C=O) groups is 1. The molecular formula is C22H16N4O4. The van der Waals surface area contributed by atoms with E-state index in [4.69, 9.17) is 4.52 Å². The molecule has 148 valence electrons. The summed E-state index contributed by atoms with van der Waals surface area (Å²) in [6.45, 7) is 0. The summed E-state index contributed by atoms with van der Waals surface area (Å²) in [7, 11) is 0. The van der Waals surface area contributed by atoms with Gasteiger partial charge in [0.05, 0.1) is 16.2 Å². The maximum absolute atomic E-state index is 12.6. The van der Waals surface area contributed by atoms with Crippen LogP contribution < -0.4 is 5.32 Å². The van der Waals surface area contributed by atoms with E-state index in [2.05, 4.69) is 15.5 Å². The van der Waals surface area contributed by atoms with Crippen molar-refractivity contribution < 1.29 is 14.2 Å². The van der Waals surface area contributed by atoms with E-state index < -0.39 is 10.8 Å². The molecule has 0 atom stereocenters. The zero-order valence-corrected chi connectivity index (χ0v) is 15.7. The second-order valence-corrected chi connectivity index (χ2v) is 6.49. The Kier molecular flexibility index (Phi) is 5.29. The Morgan fingerprint density at radius 2 is 1.77 bits per heavy atom. The average Bonchev–Trinajstić information content (AvgIpc) is 3.23. The van der Waals surface area contributed by atoms with Crippen LogP contribution in [-0.4, -0.2) is 21.0 Å². The summed E-state index contributed by atoms with van der Waals surface area (Å²) in [6, 6.07) is 22.3. The number of nitrogens with zero attached hydrogens (tertiary/aromatic N) is 3. The van der Waals surface area contributed by atoms with Gasteiger partial charge in [-0.1, -0.05) is 53.7 Å². The number of para-hydroxylation sites is 1.